The molecule has 0 bridgehead atoms. The lowest BCUT2D eigenvalue weighted by atomic mass is 10.1. The number of ketones is 1. The van der Waals surface area contributed by atoms with Gasteiger partial charge in [0.15, 0.2) is 11.7 Å². The Morgan fingerprint density at radius 2 is 1.85 bits per heavy atom. The number of rotatable bonds is 5. The van der Waals surface area contributed by atoms with Gasteiger partial charge in [-0.2, -0.15) is 5.26 Å². The molecule has 1 aromatic heterocycles. The number of ether oxygens (including phenoxy) is 1. The third kappa shape index (κ3) is 3.13. The summed E-state index contributed by atoms with van der Waals surface area (Å²) < 4.78 is 7.45. The minimum absolute atomic E-state index is 0.181. The van der Waals surface area contributed by atoms with Gasteiger partial charge in [-0.1, -0.05) is 42.5 Å². The quantitative estimate of drug-likeness (QED) is 0.543. The van der Waals surface area contributed by atoms with Crippen molar-refractivity contribution in [1.29, 1.82) is 5.26 Å². The lowest BCUT2D eigenvalue weighted by Gasteiger charge is -2.10. The van der Waals surface area contributed by atoms with Crippen molar-refractivity contribution >= 4 is 27.6 Å². The number of imidazole rings is 1. The maximum atomic E-state index is 12.6. The summed E-state index contributed by atoms with van der Waals surface area (Å²) in [6.07, 6.45) is 0. The molecule has 0 spiro atoms. The Morgan fingerprint density at radius 1 is 1.11 bits per heavy atom. The van der Waals surface area contributed by atoms with Gasteiger partial charge in [-0.05, 0) is 35.0 Å². The second kappa shape index (κ2) is 6.93. The van der Waals surface area contributed by atoms with E-state index in [1.165, 1.54) is 0 Å². The molecule has 1 atom stereocenters. The number of hydrogen-bond acceptors (Lipinski definition) is 4. The van der Waals surface area contributed by atoms with Gasteiger partial charge in [0, 0.05) is 7.05 Å². The molecule has 0 amide bonds. The maximum Gasteiger partial charge on any atom is 0.194 e. The summed E-state index contributed by atoms with van der Waals surface area (Å²) in [5.74, 6) is -0.249. The molecule has 0 saturated heterocycles. The summed E-state index contributed by atoms with van der Waals surface area (Å²) in [5, 5.41) is 11.7. The molecule has 1 heterocycles. The summed E-state index contributed by atoms with van der Waals surface area (Å²) in [4.78, 5) is 17.1. The highest BCUT2D eigenvalue weighted by Gasteiger charge is 2.26. The number of benzene rings is 3. The van der Waals surface area contributed by atoms with Crippen LogP contribution in [0.5, 0.6) is 5.75 Å². The van der Waals surface area contributed by atoms with Crippen LogP contribution in [0, 0.1) is 11.3 Å². The molecule has 0 unspecified atom stereocenters. The number of nitriles is 1. The highest BCUT2D eigenvalue weighted by molar-refractivity contribution is 5.90. The average Bonchev–Trinajstić information content (AvgIpc) is 3.03. The van der Waals surface area contributed by atoms with E-state index in [-0.39, 0.29) is 12.4 Å². The number of carbonyl (C=O) groups excluding carboxylic acids is 1. The average molecular weight is 355 g/mol. The van der Waals surface area contributed by atoms with E-state index in [0.717, 1.165) is 21.8 Å². The first-order valence-corrected chi connectivity index (χ1v) is 8.62. The van der Waals surface area contributed by atoms with Gasteiger partial charge in [0.05, 0.1) is 17.1 Å². The number of nitrogens with zero attached hydrogens (tertiary/aromatic N) is 3. The first-order valence-electron chi connectivity index (χ1n) is 8.62. The maximum absolute atomic E-state index is 12.6. The fourth-order valence-electron chi connectivity index (χ4n) is 3.19. The fraction of sp³-hybridized carbons (Fsp3) is 0.136. The molecule has 0 fully saturated rings. The van der Waals surface area contributed by atoms with Crippen molar-refractivity contribution in [2.45, 2.75) is 5.92 Å². The van der Waals surface area contributed by atoms with Crippen LogP contribution in [0.3, 0.4) is 0 Å². The number of para-hydroxylation sites is 2. The Labute approximate surface area is 156 Å². The highest BCUT2D eigenvalue weighted by atomic mass is 16.5. The second-order valence-corrected chi connectivity index (χ2v) is 6.34. The molecule has 4 aromatic rings. The van der Waals surface area contributed by atoms with Gasteiger partial charge in [-0.15, -0.1) is 0 Å². The Kier molecular flexibility index (Phi) is 4.31. The lowest BCUT2D eigenvalue weighted by Crippen LogP contribution is -2.21. The number of hydrogen-bond donors (Lipinski definition) is 0. The van der Waals surface area contributed by atoms with Crippen LogP contribution in [0.25, 0.3) is 21.8 Å². The van der Waals surface area contributed by atoms with Crippen LogP contribution in [0.4, 0.5) is 0 Å². The molecule has 0 N–H and O–H groups in total. The van der Waals surface area contributed by atoms with E-state index < -0.39 is 5.92 Å². The smallest absolute Gasteiger partial charge is 0.194 e. The molecule has 0 radical (unpaired) electrons. The van der Waals surface area contributed by atoms with Crippen molar-refractivity contribution in [1.82, 2.24) is 9.55 Å². The zero-order valence-corrected chi connectivity index (χ0v) is 14.8. The molecule has 132 valence electrons. The van der Waals surface area contributed by atoms with Crippen molar-refractivity contribution in [2.75, 3.05) is 6.61 Å². The van der Waals surface area contributed by atoms with E-state index in [0.29, 0.717) is 11.6 Å². The number of aromatic nitrogens is 2. The van der Waals surface area contributed by atoms with Crippen LogP contribution >= 0.6 is 0 Å². The molecule has 0 aliphatic rings. The second-order valence-electron chi connectivity index (χ2n) is 6.34. The lowest BCUT2D eigenvalue weighted by molar-refractivity contribution is -0.121. The Balaban J connectivity index is 1.54. The molecule has 5 nitrogen and oxygen atoms in total. The topological polar surface area (TPSA) is 67.9 Å². The molecule has 5 heteroatoms. The normalized spacial score (nSPS) is 12.0. The first-order chi connectivity index (χ1) is 13.2. The zero-order valence-electron chi connectivity index (χ0n) is 14.8. The summed E-state index contributed by atoms with van der Waals surface area (Å²) in [6, 6.07) is 23.2. The summed E-state index contributed by atoms with van der Waals surface area (Å²) in [6.45, 7) is -0.181. The third-order valence-corrected chi connectivity index (χ3v) is 4.63. The van der Waals surface area contributed by atoms with Gasteiger partial charge in [0.2, 0.25) is 0 Å². The van der Waals surface area contributed by atoms with Gasteiger partial charge in [-0.25, -0.2) is 4.98 Å². The molecular formula is C22H17N3O2. The van der Waals surface area contributed by atoms with Crippen molar-refractivity contribution in [3.05, 3.63) is 72.6 Å². The van der Waals surface area contributed by atoms with Gasteiger partial charge in [0.1, 0.15) is 18.2 Å². The van der Waals surface area contributed by atoms with Crippen LogP contribution in [-0.2, 0) is 11.8 Å². The molecule has 27 heavy (non-hydrogen) atoms. The predicted molar refractivity (Wildman–Crippen MR) is 104 cm³/mol. The van der Waals surface area contributed by atoms with Crippen molar-refractivity contribution in [3.8, 4) is 11.8 Å². The van der Waals surface area contributed by atoms with Gasteiger partial charge < -0.3 is 9.30 Å². The van der Waals surface area contributed by atoms with Gasteiger partial charge in [-0.3, -0.25) is 4.79 Å². The Bertz CT molecular complexity index is 1190. The summed E-state index contributed by atoms with van der Waals surface area (Å²) in [5.41, 5.74) is 1.65. The molecule has 0 aliphatic carbocycles. The van der Waals surface area contributed by atoms with Crippen LogP contribution < -0.4 is 4.74 Å². The summed E-state index contributed by atoms with van der Waals surface area (Å²) in [7, 11) is 1.81. The zero-order chi connectivity index (χ0) is 18.8. The molecule has 3 aromatic carbocycles. The number of carbonyl (C=O) groups is 1. The molecule has 0 saturated carbocycles. The van der Waals surface area contributed by atoms with E-state index in [1.807, 2.05) is 73.8 Å². The van der Waals surface area contributed by atoms with E-state index in [2.05, 4.69) is 11.1 Å². The SMILES string of the molecule is Cn1c([C@H](C#N)C(=O)COc2ccc3ccccc3c2)nc2ccccc21. The largest absolute Gasteiger partial charge is 0.486 e. The highest BCUT2D eigenvalue weighted by Crippen LogP contribution is 2.23. The van der Waals surface area contributed by atoms with E-state index in [9.17, 15) is 10.1 Å². The van der Waals surface area contributed by atoms with E-state index in [4.69, 9.17) is 4.74 Å². The first kappa shape index (κ1) is 16.8. The minimum Gasteiger partial charge on any atom is -0.486 e. The molecular weight excluding hydrogens is 338 g/mol. The molecule has 4 rings (SSSR count). The van der Waals surface area contributed by atoms with Crippen LogP contribution in [0.15, 0.2) is 66.7 Å². The third-order valence-electron chi connectivity index (χ3n) is 4.63. The van der Waals surface area contributed by atoms with Crippen molar-refractivity contribution in [3.63, 3.8) is 0 Å². The Morgan fingerprint density at radius 3 is 2.63 bits per heavy atom. The van der Waals surface area contributed by atoms with E-state index >= 15 is 0 Å². The Hall–Kier alpha value is -3.65. The fourth-order valence-corrected chi connectivity index (χ4v) is 3.19. The van der Waals surface area contributed by atoms with Crippen LogP contribution in [-0.4, -0.2) is 21.9 Å². The number of aryl methyl sites for hydroxylation is 1. The number of Topliss-reactive ketones (excluding diaryl/α,β-unsaturated/α-hetero) is 1. The summed E-state index contributed by atoms with van der Waals surface area (Å²) >= 11 is 0. The van der Waals surface area contributed by atoms with Crippen molar-refractivity contribution < 1.29 is 9.53 Å². The van der Waals surface area contributed by atoms with Gasteiger partial charge in [0.25, 0.3) is 0 Å². The predicted octanol–water partition coefficient (Wildman–Crippen LogP) is 3.98. The monoisotopic (exact) mass is 355 g/mol. The van der Waals surface area contributed by atoms with Gasteiger partial charge >= 0.3 is 0 Å². The van der Waals surface area contributed by atoms with Crippen molar-refractivity contribution in [2.24, 2.45) is 7.05 Å². The number of fused-ring (bicyclic) bond motifs is 2. The van der Waals surface area contributed by atoms with Crippen LogP contribution in [0.2, 0.25) is 0 Å². The van der Waals surface area contributed by atoms with E-state index in [1.54, 1.807) is 4.57 Å². The minimum atomic E-state index is -0.970. The standard InChI is InChI=1S/C22H17N3O2/c1-25-20-9-5-4-8-19(20)24-22(25)18(13-23)21(26)14-27-17-11-10-15-6-2-3-7-16(15)12-17/h2-12,18H,14H2,1H3/t18-/m1/s1. The van der Waals surface area contributed by atoms with Crippen LogP contribution in [0.1, 0.15) is 11.7 Å². The molecule has 0 aliphatic heterocycles.